The van der Waals surface area contributed by atoms with Crippen LogP contribution in [0.1, 0.15) is 40.0 Å². The van der Waals surface area contributed by atoms with Gasteiger partial charge in [0.2, 0.25) is 0 Å². The summed E-state index contributed by atoms with van der Waals surface area (Å²) in [5.41, 5.74) is 0.248. The smallest absolute Gasteiger partial charge is 0.0727 e. The molecule has 90 valence electrons. The van der Waals surface area contributed by atoms with E-state index < -0.39 is 0 Å². The SMILES string of the molecule is CCC(C)(C)C1C[C@@H](I)CC(NC)C1O. The summed E-state index contributed by atoms with van der Waals surface area (Å²) in [5, 5.41) is 13.6. The summed E-state index contributed by atoms with van der Waals surface area (Å²) in [5.74, 6) is 0.426. The van der Waals surface area contributed by atoms with E-state index in [0.717, 1.165) is 19.3 Å². The van der Waals surface area contributed by atoms with Crippen molar-refractivity contribution >= 4 is 22.6 Å². The highest BCUT2D eigenvalue weighted by Gasteiger charge is 2.42. The molecule has 1 saturated carbocycles. The lowest BCUT2D eigenvalue weighted by Crippen LogP contribution is -2.52. The molecule has 3 heteroatoms. The summed E-state index contributed by atoms with van der Waals surface area (Å²) in [6, 6.07) is 0.275. The van der Waals surface area contributed by atoms with Crippen LogP contribution < -0.4 is 5.32 Å². The molecule has 0 radical (unpaired) electrons. The number of hydrogen-bond acceptors (Lipinski definition) is 2. The van der Waals surface area contributed by atoms with Crippen LogP contribution in [0.15, 0.2) is 0 Å². The first-order chi connectivity index (χ1) is 6.92. The van der Waals surface area contributed by atoms with E-state index in [9.17, 15) is 5.11 Å². The summed E-state index contributed by atoms with van der Waals surface area (Å²) < 4.78 is 0.694. The molecule has 1 fully saturated rings. The molecule has 0 spiro atoms. The van der Waals surface area contributed by atoms with Crippen molar-refractivity contribution in [2.45, 2.75) is 56.1 Å². The second-order valence-electron chi connectivity index (χ2n) is 5.40. The van der Waals surface area contributed by atoms with E-state index >= 15 is 0 Å². The minimum absolute atomic E-state index is 0.184. The summed E-state index contributed by atoms with van der Waals surface area (Å²) >= 11 is 2.53. The van der Waals surface area contributed by atoms with Gasteiger partial charge < -0.3 is 10.4 Å². The van der Waals surface area contributed by atoms with Crippen LogP contribution in [0, 0.1) is 11.3 Å². The lowest BCUT2D eigenvalue weighted by Gasteiger charge is -2.45. The molecule has 0 aromatic heterocycles. The van der Waals surface area contributed by atoms with Crippen LogP contribution >= 0.6 is 22.6 Å². The fourth-order valence-corrected chi connectivity index (χ4v) is 3.63. The molecule has 1 aliphatic rings. The minimum Gasteiger partial charge on any atom is -0.391 e. The maximum Gasteiger partial charge on any atom is 0.0727 e. The maximum atomic E-state index is 10.3. The number of alkyl halides is 1. The number of likely N-dealkylation sites (N-methyl/N-ethyl adjacent to an activating group) is 1. The Hall–Kier alpha value is 0.650. The maximum absolute atomic E-state index is 10.3. The molecule has 1 aliphatic carbocycles. The molecule has 2 nitrogen and oxygen atoms in total. The number of aliphatic hydroxyl groups excluding tert-OH is 1. The van der Waals surface area contributed by atoms with Crippen molar-refractivity contribution in [3.63, 3.8) is 0 Å². The molecule has 15 heavy (non-hydrogen) atoms. The molecule has 2 N–H and O–H groups in total. The zero-order valence-corrected chi connectivity index (χ0v) is 12.4. The lowest BCUT2D eigenvalue weighted by atomic mass is 9.67. The fourth-order valence-electron chi connectivity index (χ4n) is 2.54. The van der Waals surface area contributed by atoms with Gasteiger partial charge in [0.1, 0.15) is 0 Å². The van der Waals surface area contributed by atoms with Crippen molar-refractivity contribution in [1.82, 2.24) is 5.32 Å². The predicted molar refractivity (Wildman–Crippen MR) is 73.5 cm³/mol. The molecule has 0 saturated heterocycles. The first-order valence-corrected chi connectivity index (χ1v) is 7.16. The second kappa shape index (κ2) is 5.32. The van der Waals surface area contributed by atoms with Gasteiger partial charge in [-0.3, -0.25) is 0 Å². The van der Waals surface area contributed by atoms with Gasteiger partial charge in [-0.25, -0.2) is 0 Å². The summed E-state index contributed by atoms with van der Waals surface area (Å²) in [6.07, 6.45) is 3.19. The number of halogens is 1. The topological polar surface area (TPSA) is 32.3 Å². The van der Waals surface area contributed by atoms with Crippen LogP contribution in [0.2, 0.25) is 0 Å². The standard InChI is InChI=1S/C12H24INO/c1-5-12(2,3)9-6-8(13)7-10(14-4)11(9)15/h8-11,14-15H,5-7H2,1-4H3/t8-,9?,10?,11?/m1/s1. The summed E-state index contributed by atoms with van der Waals surface area (Å²) in [7, 11) is 1.96. The van der Waals surface area contributed by atoms with Crippen molar-refractivity contribution in [3.05, 3.63) is 0 Å². The largest absolute Gasteiger partial charge is 0.391 e. The third-order valence-electron chi connectivity index (χ3n) is 4.13. The van der Waals surface area contributed by atoms with Crippen LogP contribution in [0.3, 0.4) is 0 Å². The van der Waals surface area contributed by atoms with Crippen molar-refractivity contribution in [1.29, 1.82) is 0 Å². The Morgan fingerprint density at radius 2 is 2.00 bits per heavy atom. The zero-order chi connectivity index (χ0) is 11.6. The van der Waals surface area contributed by atoms with E-state index in [1.807, 2.05) is 7.05 Å². The van der Waals surface area contributed by atoms with Gasteiger partial charge in [0, 0.05) is 9.97 Å². The average Bonchev–Trinajstić information content (AvgIpc) is 2.20. The van der Waals surface area contributed by atoms with Gasteiger partial charge in [0.05, 0.1) is 6.10 Å². The second-order valence-corrected chi connectivity index (χ2v) is 7.16. The normalized spacial score (nSPS) is 38.0. The monoisotopic (exact) mass is 325 g/mol. The molecule has 1 rings (SSSR count). The minimum atomic E-state index is -0.184. The first kappa shape index (κ1) is 13.7. The molecule has 0 aromatic rings. The zero-order valence-electron chi connectivity index (χ0n) is 10.3. The van der Waals surface area contributed by atoms with Crippen molar-refractivity contribution < 1.29 is 5.11 Å². The van der Waals surface area contributed by atoms with Gasteiger partial charge in [-0.05, 0) is 31.2 Å². The van der Waals surface area contributed by atoms with Gasteiger partial charge in [-0.2, -0.15) is 0 Å². The van der Waals surface area contributed by atoms with Crippen molar-refractivity contribution in [3.8, 4) is 0 Å². The predicted octanol–water partition coefficient (Wildman–Crippen LogP) is 2.59. The molecule has 0 heterocycles. The number of rotatable bonds is 3. The van der Waals surface area contributed by atoms with Crippen LogP contribution in [0.5, 0.6) is 0 Å². The molecular weight excluding hydrogens is 301 g/mol. The molecule has 0 amide bonds. The molecule has 0 aromatic carbocycles. The summed E-state index contributed by atoms with van der Waals surface area (Å²) in [6.45, 7) is 6.78. The Bertz CT molecular complexity index is 208. The van der Waals surface area contributed by atoms with E-state index in [1.165, 1.54) is 0 Å². The van der Waals surface area contributed by atoms with Gasteiger partial charge in [-0.15, -0.1) is 0 Å². The van der Waals surface area contributed by atoms with Crippen LogP contribution in [-0.2, 0) is 0 Å². The van der Waals surface area contributed by atoms with Gasteiger partial charge in [-0.1, -0.05) is 49.8 Å². The molecule has 4 atom stereocenters. The summed E-state index contributed by atoms with van der Waals surface area (Å²) in [4.78, 5) is 0. The quantitative estimate of drug-likeness (QED) is 0.617. The van der Waals surface area contributed by atoms with Crippen LogP contribution in [0.25, 0.3) is 0 Å². The lowest BCUT2D eigenvalue weighted by molar-refractivity contribution is -0.0162. The number of aliphatic hydroxyl groups is 1. The van der Waals surface area contributed by atoms with E-state index in [4.69, 9.17) is 0 Å². The highest BCUT2D eigenvalue weighted by atomic mass is 127. The van der Waals surface area contributed by atoms with Crippen molar-refractivity contribution in [2.24, 2.45) is 11.3 Å². The fraction of sp³-hybridized carbons (Fsp3) is 1.00. The van der Waals surface area contributed by atoms with Crippen LogP contribution in [-0.4, -0.2) is 28.2 Å². The van der Waals surface area contributed by atoms with Gasteiger partial charge in [0.25, 0.3) is 0 Å². The molecule has 0 bridgehead atoms. The Morgan fingerprint density at radius 1 is 1.40 bits per heavy atom. The van der Waals surface area contributed by atoms with E-state index in [0.29, 0.717) is 9.84 Å². The highest BCUT2D eigenvalue weighted by Crippen LogP contribution is 2.42. The highest BCUT2D eigenvalue weighted by molar-refractivity contribution is 14.1. The molecular formula is C12H24INO. The average molecular weight is 325 g/mol. The third kappa shape index (κ3) is 3.07. The molecule has 3 unspecified atom stereocenters. The number of hydrogen-bond donors (Lipinski definition) is 2. The first-order valence-electron chi connectivity index (χ1n) is 5.91. The van der Waals surface area contributed by atoms with Gasteiger partial charge in [0.15, 0.2) is 0 Å². The van der Waals surface area contributed by atoms with E-state index in [-0.39, 0.29) is 17.6 Å². The number of nitrogens with one attached hydrogen (secondary N) is 1. The van der Waals surface area contributed by atoms with E-state index in [1.54, 1.807) is 0 Å². The molecule has 0 aliphatic heterocycles. The Balaban J connectivity index is 2.78. The van der Waals surface area contributed by atoms with Gasteiger partial charge >= 0.3 is 0 Å². The van der Waals surface area contributed by atoms with E-state index in [2.05, 4.69) is 48.7 Å². The van der Waals surface area contributed by atoms with Crippen LogP contribution in [0.4, 0.5) is 0 Å². The Morgan fingerprint density at radius 3 is 2.47 bits per heavy atom. The Labute approximate surface area is 107 Å². The third-order valence-corrected chi connectivity index (χ3v) is 5.15. The van der Waals surface area contributed by atoms with Crippen molar-refractivity contribution in [2.75, 3.05) is 7.05 Å². The Kier molecular flexibility index (Phi) is 4.86.